The van der Waals surface area contributed by atoms with Crippen LogP contribution in [0.5, 0.6) is 0 Å². The molecule has 0 aromatic heterocycles. The van der Waals surface area contributed by atoms with Gasteiger partial charge in [0.05, 0.1) is 6.04 Å². The number of carboxylic acid groups (broad SMARTS) is 2. The number of aliphatic carboxylic acids is 2. The lowest BCUT2D eigenvalue weighted by molar-refractivity contribution is -0.144. The highest BCUT2D eigenvalue weighted by Gasteiger charge is 2.37. The number of hydrogen-bond donors (Lipinski definition) is 5. The van der Waals surface area contributed by atoms with Gasteiger partial charge in [-0.15, -0.1) is 0 Å². The van der Waals surface area contributed by atoms with E-state index < -0.39 is 53.8 Å². The van der Waals surface area contributed by atoms with Crippen LogP contribution in [0.15, 0.2) is 0 Å². The first-order chi connectivity index (χ1) is 13.5. The zero-order chi connectivity index (χ0) is 22.3. The summed E-state index contributed by atoms with van der Waals surface area (Å²) in [4.78, 5) is 60.5. The number of carboxylic acids is 2. The molecule has 0 aromatic carbocycles. The van der Waals surface area contributed by atoms with Gasteiger partial charge < -0.3 is 31.5 Å². The molecule has 1 aliphatic heterocycles. The number of likely N-dealkylation sites (tertiary alicyclic amines) is 1. The molecule has 1 rings (SSSR count). The number of rotatable bonds is 10. The minimum Gasteiger partial charge on any atom is -0.481 e. The smallest absolute Gasteiger partial charge is 0.326 e. The lowest BCUT2D eigenvalue weighted by Crippen LogP contribution is -2.56. The van der Waals surface area contributed by atoms with E-state index in [4.69, 9.17) is 15.9 Å². The molecule has 1 heterocycles. The Morgan fingerprint density at radius 3 is 2.24 bits per heavy atom. The van der Waals surface area contributed by atoms with Crippen LogP contribution in [0, 0.1) is 5.92 Å². The molecular weight excluding hydrogens is 384 g/mol. The van der Waals surface area contributed by atoms with Crippen LogP contribution in [-0.2, 0) is 24.0 Å². The Kier molecular flexibility index (Phi) is 9.02. The zero-order valence-corrected chi connectivity index (χ0v) is 16.9. The average molecular weight is 414 g/mol. The van der Waals surface area contributed by atoms with E-state index in [0.29, 0.717) is 19.4 Å². The first kappa shape index (κ1) is 24.3. The highest BCUT2D eigenvalue weighted by atomic mass is 16.4. The number of amides is 3. The zero-order valence-electron chi connectivity index (χ0n) is 16.9. The van der Waals surface area contributed by atoms with Crippen molar-refractivity contribution in [2.24, 2.45) is 11.7 Å². The van der Waals surface area contributed by atoms with Crippen LogP contribution in [0.4, 0.5) is 0 Å². The van der Waals surface area contributed by atoms with Crippen molar-refractivity contribution < 1.29 is 34.2 Å². The Morgan fingerprint density at radius 2 is 1.72 bits per heavy atom. The summed E-state index contributed by atoms with van der Waals surface area (Å²) in [5, 5.41) is 22.8. The van der Waals surface area contributed by atoms with Gasteiger partial charge in [0.2, 0.25) is 17.7 Å². The molecule has 1 saturated heterocycles. The first-order valence-corrected chi connectivity index (χ1v) is 9.57. The van der Waals surface area contributed by atoms with Gasteiger partial charge in [0, 0.05) is 13.0 Å². The molecule has 11 nitrogen and oxygen atoms in total. The van der Waals surface area contributed by atoms with Gasteiger partial charge in [0.25, 0.3) is 0 Å². The summed E-state index contributed by atoms with van der Waals surface area (Å²) in [6.07, 6.45) is 0.671. The van der Waals surface area contributed by atoms with E-state index in [0.717, 1.165) is 0 Å². The van der Waals surface area contributed by atoms with Crippen LogP contribution in [0.1, 0.15) is 46.5 Å². The molecule has 0 aromatic rings. The minimum atomic E-state index is -1.17. The molecule has 1 aliphatic rings. The van der Waals surface area contributed by atoms with Crippen LogP contribution in [-0.4, -0.2) is 75.5 Å². The second kappa shape index (κ2) is 10.7. The Morgan fingerprint density at radius 1 is 1.10 bits per heavy atom. The molecule has 0 saturated carbocycles. The molecule has 0 bridgehead atoms. The van der Waals surface area contributed by atoms with Crippen molar-refractivity contribution in [2.45, 2.75) is 70.6 Å². The molecule has 4 atom stereocenters. The molecule has 1 fully saturated rings. The maximum Gasteiger partial charge on any atom is 0.326 e. The van der Waals surface area contributed by atoms with Crippen molar-refractivity contribution in [3.05, 3.63) is 0 Å². The van der Waals surface area contributed by atoms with Crippen molar-refractivity contribution in [1.29, 1.82) is 0 Å². The normalized spacial score (nSPS) is 19.3. The highest BCUT2D eigenvalue weighted by molar-refractivity contribution is 5.94. The van der Waals surface area contributed by atoms with E-state index in [9.17, 15) is 24.0 Å². The van der Waals surface area contributed by atoms with Gasteiger partial charge in [0.15, 0.2) is 0 Å². The van der Waals surface area contributed by atoms with Crippen LogP contribution >= 0.6 is 0 Å². The van der Waals surface area contributed by atoms with Gasteiger partial charge in [-0.1, -0.05) is 13.8 Å². The minimum absolute atomic E-state index is 0.0381. The first-order valence-electron chi connectivity index (χ1n) is 9.57. The number of nitrogens with zero attached hydrogens (tertiary/aromatic N) is 1. The lowest BCUT2D eigenvalue weighted by atomic mass is 10.0. The maximum atomic E-state index is 12.6. The topological polar surface area (TPSA) is 179 Å². The van der Waals surface area contributed by atoms with E-state index in [2.05, 4.69) is 10.6 Å². The van der Waals surface area contributed by atoms with Crippen LogP contribution in [0.3, 0.4) is 0 Å². The van der Waals surface area contributed by atoms with Gasteiger partial charge in [-0.3, -0.25) is 19.2 Å². The summed E-state index contributed by atoms with van der Waals surface area (Å²) in [6.45, 7) is 5.04. The van der Waals surface area contributed by atoms with Crippen molar-refractivity contribution in [3.63, 3.8) is 0 Å². The third-order valence-electron chi connectivity index (χ3n) is 4.81. The lowest BCUT2D eigenvalue weighted by Gasteiger charge is -2.28. The summed E-state index contributed by atoms with van der Waals surface area (Å²) in [7, 11) is 0. The fourth-order valence-electron chi connectivity index (χ4n) is 3.09. The van der Waals surface area contributed by atoms with Crippen molar-refractivity contribution in [3.8, 4) is 0 Å². The molecule has 11 heteroatoms. The Labute approximate surface area is 169 Å². The third kappa shape index (κ3) is 7.00. The molecule has 0 aliphatic carbocycles. The monoisotopic (exact) mass is 414 g/mol. The van der Waals surface area contributed by atoms with Gasteiger partial charge in [-0.25, -0.2) is 4.79 Å². The van der Waals surface area contributed by atoms with Gasteiger partial charge in [-0.2, -0.15) is 0 Å². The van der Waals surface area contributed by atoms with Crippen LogP contribution < -0.4 is 16.4 Å². The molecular formula is C18H30N4O7. The molecule has 6 N–H and O–H groups in total. The number of hydrogen-bond acceptors (Lipinski definition) is 6. The SMILES string of the molecule is CC(NC(=O)C1CCCN1C(=O)C(N)CCC(=O)O)C(=O)NC(C(=O)O)C(C)C. The summed E-state index contributed by atoms with van der Waals surface area (Å²) in [6, 6.07) is -3.92. The molecule has 0 radical (unpaired) electrons. The van der Waals surface area contributed by atoms with Crippen molar-refractivity contribution in [2.75, 3.05) is 6.54 Å². The van der Waals surface area contributed by atoms with E-state index in [1.54, 1.807) is 13.8 Å². The van der Waals surface area contributed by atoms with E-state index >= 15 is 0 Å². The Hall–Kier alpha value is -2.69. The van der Waals surface area contributed by atoms with Crippen LogP contribution in [0.25, 0.3) is 0 Å². The van der Waals surface area contributed by atoms with Crippen molar-refractivity contribution >= 4 is 29.7 Å². The predicted octanol–water partition coefficient (Wildman–Crippen LogP) is -1.10. The second-order valence-corrected chi connectivity index (χ2v) is 7.53. The third-order valence-corrected chi connectivity index (χ3v) is 4.81. The van der Waals surface area contributed by atoms with E-state index in [1.165, 1.54) is 11.8 Å². The maximum absolute atomic E-state index is 12.6. The largest absolute Gasteiger partial charge is 0.481 e. The number of nitrogens with one attached hydrogen (secondary N) is 2. The molecule has 29 heavy (non-hydrogen) atoms. The van der Waals surface area contributed by atoms with Crippen molar-refractivity contribution in [1.82, 2.24) is 15.5 Å². The molecule has 3 amide bonds. The van der Waals surface area contributed by atoms with Crippen LogP contribution in [0.2, 0.25) is 0 Å². The number of carbonyl (C=O) groups is 5. The summed E-state index contributed by atoms with van der Waals surface area (Å²) >= 11 is 0. The highest BCUT2D eigenvalue weighted by Crippen LogP contribution is 2.19. The van der Waals surface area contributed by atoms with Gasteiger partial charge >= 0.3 is 11.9 Å². The standard InChI is InChI=1S/C18H30N4O7/c1-9(2)14(18(28)29)21-15(25)10(3)20-16(26)12-5-4-8-22(12)17(27)11(19)6-7-13(23)24/h9-12,14H,4-8,19H2,1-3H3,(H,20,26)(H,21,25)(H,23,24)(H,28,29). The number of carbonyl (C=O) groups excluding carboxylic acids is 3. The summed E-state index contributed by atoms with van der Waals surface area (Å²) < 4.78 is 0. The second-order valence-electron chi connectivity index (χ2n) is 7.53. The quantitative estimate of drug-likeness (QED) is 0.299. The average Bonchev–Trinajstić information content (AvgIpc) is 3.12. The van der Waals surface area contributed by atoms with E-state index in [-0.39, 0.29) is 18.8 Å². The fraction of sp³-hybridized carbons (Fsp3) is 0.722. The summed E-state index contributed by atoms with van der Waals surface area (Å²) in [5.41, 5.74) is 5.76. The fourth-order valence-corrected chi connectivity index (χ4v) is 3.09. The number of nitrogens with two attached hydrogens (primary N) is 1. The van der Waals surface area contributed by atoms with Gasteiger partial charge in [-0.05, 0) is 32.1 Å². The molecule has 4 unspecified atom stereocenters. The molecule has 0 spiro atoms. The molecule has 164 valence electrons. The van der Waals surface area contributed by atoms with Gasteiger partial charge in [0.1, 0.15) is 18.1 Å². The Balaban J connectivity index is 2.69. The van der Waals surface area contributed by atoms with E-state index in [1.807, 2.05) is 0 Å². The summed E-state index contributed by atoms with van der Waals surface area (Å²) in [5.74, 6) is -4.27. The Bertz CT molecular complexity index is 652. The predicted molar refractivity (Wildman–Crippen MR) is 102 cm³/mol.